The summed E-state index contributed by atoms with van der Waals surface area (Å²) in [7, 11) is 1.90. The first kappa shape index (κ1) is 16.9. The van der Waals surface area contributed by atoms with Gasteiger partial charge >= 0.3 is 6.03 Å². The molecule has 7 nitrogen and oxygen atoms in total. The third-order valence-electron chi connectivity index (χ3n) is 4.16. The van der Waals surface area contributed by atoms with Crippen LogP contribution in [0.1, 0.15) is 18.5 Å². The zero-order valence-corrected chi connectivity index (χ0v) is 14.9. The average molecular weight is 348 g/mol. The Bertz CT molecular complexity index is 655. The van der Waals surface area contributed by atoms with E-state index in [-0.39, 0.29) is 12.1 Å². The molecule has 0 spiro atoms. The molecule has 0 bridgehead atoms. The fraction of sp³-hybridized carbons (Fsp3) is 0.562. The Labute approximate surface area is 146 Å². The van der Waals surface area contributed by atoms with Crippen LogP contribution in [-0.2, 0) is 13.6 Å². The van der Waals surface area contributed by atoms with Crippen LogP contribution in [0.3, 0.4) is 0 Å². The first-order valence-corrected chi connectivity index (χ1v) is 9.37. The van der Waals surface area contributed by atoms with Gasteiger partial charge in [0.1, 0.15) is 0 Å². The molecule has 0 aliphatic carbocycles. The minimum absolute atomic E-state index is 0.0106. The number of carbonyl (C=O) groups excluding carboxylic acids is 1. The fourth-order valence-corrected chi connectivity index (χ4v) is 3.98. The molecule has 0 aromatic carbocycles. The maximum Gasteiger partial charge on any atom is 0.317 e. The van der Waals surface area contributed by atoms with Crippen molar-refractivity contribution in [2.24, 2.45) is 13.0 Å². The van der Waals surface area contributed by atoms with Gasteiger partial charge in [0.15, 0.2) is 0 Å². The molecule has 1 aliphatic heterocycles. The van der Waals surface area contributed by atoms with E-state index < -0.39 is 0 Å². The van der Waals surface area contributed by atoms with Gasteiger partial charge in [0.25, 0.3) is 0 Å². The second-order valence-corrected chi connectivity index (χ2v) is 7.40. The molecule has 130 valence electrons. The number of aromatic nitrogens is 4. The van der Waals surface area contributed by atoms with E-state index in [1.807, 2.05) is 53.0 Å². The fourth-order valence-electron chi connectivity index (χ4n) is 2.89. The largest absolute Gasteiger partial charge is 0.338 e. The average Bonchev–Trinajstić information content (AvgIpc) is 3.24. The minimum atomic E-state index is 0.0106. The highest BCUT2D eigenvalue weighted by Crippen LogP contribution is 2.29. The van der Waals surface area contributed by atoms with E-state index >= 15 is 0 Å². The monoisotopic (exact) mass is 348 g/mol. The molecule has 1 saturated heterocycles. The molecule has 3 rings (SSSR count). The van der Waals surface area contributed by atoms with Crippen molar-refractivity contribution in [3.8, 4) is 0 Å². The molecule has 2 aromatic rings. The lowest BCUT2D eigenvalue weighted by Crippen LogP contribution is -2.47. The number of urea groups is 1. The van der Waals surface area contributed by atoms with Gasteiger partial charge in [-0.3, -0.25) is 9.36 Å². The summed E-state index contributed by atoms with van der Waals surface area (Å²) in [6.45, 7) is 4.33. The molecular formula is C16H24N6OS. The number of thioether (sulfide) groups is 1. The van der Waals surface area contributed by atoms with Crippen molar-refractivity contribution < 1.29 is 4.79 Å². The highest BCUT2D eigenvalue weighted by Gasteiger charge is 2.29. The molecule has 0 unspecified atom stereocenters. The third-order valence-corrected chi connectivity index (χ3v) is 5.18. The minimum Gasteiger partial charge on any atom is -0.338 e. The summed E-state index contributed by atoms with van der Waals surface area (Å²) >= 11 is 1.89. The number of amides is 2. The highest BCUT2D eigenvalue weighted by atomic mass is 32.2. The van der Waals surface area contributed by atoms with E-state index in [9.17, 15) is 4.79 Å². The topological polar surface area (TPSA) is 68.0 Å². The first-order chi connectivity index (χ1) is 11.6. The molecule has 0 saturated carbocycles. The van der Waals surface area contributed by atoms with Crippen LogP contribution < -0.4 is 5.32 Å². The van der Waals surface area contributed by atoms with Crippen LogP contribution in [0.25, 0.3) is 0 Å². The summed E-state index contributed by atoms with van der Waals surface area (Å²) in [5.41, 5.74) is 1.10. The lowest BCUT2D eigenvalue weighted by molar-refractivity contribution is 0.180. The van der Waals surface area contributed by atoms with Crippen LogP contribution in [0.15, 0.2) is 30.9 Å². The first-order valence-electron chi connectivity index (χ1n) is 8.21. The van der Waals surface area contributed by atoms with Gasteiger partial charge < -0.3 is 10.2 Å². The standard InChI is InChI=1S/C16H24N6OS/c1-13(10-21-5-3-4-18-21)8-17-16(23)22-6-7-24-12-15(22)14-9-19-20(2)11-14/h3-5,9,11,13,15H,6-8,10,12H2,1-2H3,(H,17,23)/t13-,15-/m0/s1. The maximum absolute atomic E-state index is 12.7. The maximum atomic E-state index is 12.7. The molecule has 24 heavy (non-hydrogen) atoms. The van der Waals surface area contributed by atoms with Gasteiger partial charge in [-0.15, -0.1) is 0 Å². The van der Waals surface area contributed by atoms with E-state index in [2.05, 4.69) is 22.4 Å². The predicted molar refractivity (Wildman–Crippen MR) is 94.8 cm³/mol. The normalized spacial score (nSPS) is 19.2. The van der Waals surface area contributed by atoms with Crippen molar-refractivity contribution in [3.63, 3.8) is 0 Å². The Morgan fingerprint density at radius 3 is 3.08 bits per heavy atom. The van der Waals surface area contributed by atoms with Gasteiger partial charge in [0.2, 0.25) is 0 Å². The van der Waals surface area contributed by atoms with Gasteiger partial charge in [0, 0.05) is 62.3 Å². The number of nitrogens with zero attached hydrogens (tertiary/aromatic N) is 5. The molecule has 1 fully saturated rings. The zero-order chi connectivity index (χ0) is 16.9. The Hall–Kier alpha value is -1.96. The van der Waals surface area contributed by atoms with E-state index in [0.29, 0.717) is 12.5 Å². The number of rotatable bonds is 5. The summed E-state index contributed by atoms with van der Waals surface area (Å²) in [5, 5.41) is 11.5. The van der Waals surface area contributed by atoms with Crippen LogP contribution in [0, 0.1) is 5.92 Å². The summed E-state index contributed by atoms with van der Waals surface area (Å²) in [6.07, 6.45) is 7.57. The number of hydrogen-bond acceptors (Lipinski definition) is 4. The lowest BCUT2D eigenvalue weighted by atomic mass is 10.1. The molecule has 1 N–H and O–H groups in total. The number of carbonyl (C=O) groups is 1. The molecule has 0 radical (unpaired) electrons. The van der Waals surface area contributed by atoms with Gasteiger partial charge in [-0.05, 0) is 12.0 Å². The van der Waals surface area contributed by atoms with Crippen LogP contribution in [0.5, 0.6) is 0 Å². The summed E-state index contributed by atoms with van der Waals surface area (Å²) in [5.74, 6) is 2.22. The van der Waals surface area contributed by atoms with Crippen LogP contribution in [0.4, 0.5) is 4.79 Å². The summed E-state index contributed by atoms with van der Waals surface area (Å²) in [6, 6.07) is 2.02. The number of hydrogen-bond donors (Lipinski definition) is 1. The van der Waals surface area contributed by atoms with Gasteiger partial charge in [0.05, 0.1) is 12.2 Å². The lowest BCUT2D eigenvalue weighted by Gasteiger charge is -2.35. The second kappa shape index (κ2) is 7.74. The molecule has 2 aromatic heterocycles. The predicted octanol–water partition coefficient (Wildman–Crippen LogP) is 1.75. The Morgan fingerprint density at radius 1 is 1.50 bits per heavy atom. The van der Waals surface area contributed by atoms with Crippen molar-refractivity contribution in [1.29, 1.82) is 0 Å². The smallest absolute Gasteiger partial charge is 0.317 e. The summed E-state index contributed by atoms with van der Waals surface area (Å²) < 4.78 is 3.68. The number of nitrogens with one attached hydrogen (secondary N) is 1. The second-order valence-electron chi connectivity index (χ2n) is 6.25. The molecule has 2 atom stereocenters. The molecule has 2 amide bonds. The van der Waals surface area contributed by atoms with E-state index in [0.717, 1.165) is 30.2 Å². The molecular weight excluding hydrogens is 324 g/mol. The van der Waals surface area contributed by atoms with E-state index in [1.54, 1.807) is 10.9 Å². The van der Waals surface area contributed by atoms with Crippen molar-refractivity contribution in [2.45, 2.75) is 19.5 Å². The third kappa shape index (κ3) is 4.11. The zero-order valence-electron chi connectivity index (χ0n) is 14.1. The van der Waals surface area contributed by atoms with Crippen molar-refractivity contribution >= 4 is 17.8 Å². The van der Waals surface area contributed by atoms with E-state index in [1.165, 1.54) is 0 Å². The quantitative estimate of drug-likeness (QED) is 0.894. The van der Waals surface area contributed by atoms with E-state index in [4.69, 9.17) is 0 Å². The van der Waals surface area contributed by atoms with Gasteiger partial charge in [-0.1, -0.05) is 6.92 Å². The number of aryl methyl sites for hydroxylation is 1. The highest BCUT2D eigenvalue weighted by molar-refractivity contribution is 7.99. The van der Waals surface area contributed by atoms with Gasteiger partial charge in [-0.2, -0.15) is 22.0 Å². The SMILES string of the molecule is C[C@@H](CNC(=O)N1CCSC[C@H]1c1cnn(C)c1)Cn1cccn1. The van der Waals surface area contributed by atoms with Crippen LogP contribution in [0.2, 0.25) is 0 Å². The van der Waals surface area contributed by atoms with Gasteiger partial charge in [-0.25, -0.2) is 4.79 Å². The Kier molecular flexibility index (Phi) is 5.44. The van der Waals surface area contributed by atoms with Crippen molar-refractivity contribution in [3.05, 3.63) is 36.4 Å². The van der Waals surface area contributed by atoms with Crippen molar-refractivity contribution in [1.82, 2.24) is 29.8 Å². The molecule has 8 heteroatoms. The molecule has 3 heterocycles. The summed E-state index contributed by atoms with van der Waals surface area (Å²) in [4.78, 5) is 14.6. The van der Waals surface area contributed by atoms with Crippen LogP contribution >= 0.6 is 11.8 Å². The Balaban J connectivity index is 1.56. The Morgan fingerprint density at radius 2 is 2.38 bits per heavy atom. The van der Waals surface area contributed by atoms with Crippen LogP contribution in [-0.4, -0.2) is 55.1 Å². The van der Waals surface area contributed by atoms with Crippen molar-refractivity contribution in [2.75, 3.05) is 24.6 Å². The molecule has 1 aliphatic rings.